The number of hydrogen-bond acceptors (Lipinski definition) is 4. The molecule has 0 aliphatic heterocycles. The molecule has 1 aromatic carbocycles. The number of carbonyl (C=O) groups excluding carboxylic acids is 1. The lowest BCUT2D eigenvalue weighted by atomic mass is 10.1. The summed E-state index contributed by atoms with van der Waals surface area (Å²) in [6.07, 6.45) is 0. The van der Waals surface area contributed by atoms with Gasteiger partial charge in [-0.1, -0.05) is 13.8 Å². The zero-order chi connectivity index (χ0) is 16.2. The van der Waals surface area contributed by atoms with Gasteiger partial charge in [-0.15, -0.1) is 0 Å². The van der Waals surface area contributed by atoms with Crippen LogP contribution in [-0.2, 0) is 0 Å². The normalized spacial score (nSPS) is 10.8. The number of nitrogens with one attached hydrogen (secondary N) is 1. The van der Waals surface area contributed by atoms with Gasteiger partial charge in [-0.3, -0.25) is 14.9 Å². The van der Waals surface area contributed by atoms with Crippen LogP contribution >= 0.6 is 0 Å². The van der Waals surface area contributed by atoms with Crippen LogP contribution in [0.4, 0.5) is 11.4 Å². The van der Waals surface area contributed by atoms with Crippen molar-refractivity contribution < 1.29 is 9.72 Å². The third-order valence-electron chi connectivity index (χ3n) is 3.16. The SMILES string of the molecule is CNc1cc(C(=O)N(CC(C)C)C(C)C)ccc1[N+](=O)[O-]. The van der Waals surface area contributed by atoms with Gasteiger partial charge in [0.25, 0.3) is 11.6 Å². The molecular formula is C15H23N3O3. The van der Waals surface area contributed by atoms with Crippen molar-refractivity contribution >= 4 is 17.3 Å². The van der Waals surface area contributed by atoms with Crippen molar-refractivity contribution in [2.45, 2.75) is 33.7 Å². The second-order valence-electron chi connectivity index (χ2n) is 5.68. The highest BCUT2D eigenvalue weighted by Gasteiger charge is 2.22. The molecule has 0 aliphatic rings. The van der Waals surface area contributed by atoms with E-state index in [1.165, 1.54) is 18.2 Å². The number of nitro benzene ring substituents is 1. The number of nitrogens with zero attached hydrogens (tertiary/aromatic N) is 2. The number of rotatable bonds is 6. The van der Waals surface area contributed by atoms with Crippen molar-refractivity contribution in [1.29, 1.82) is 0 Å². The van der Waals surface area contributed by atoms with E-state index in [1.54, 1.807) is 11.9 Å². The number of benzene rings is 1. The number of hydrogen-bond donors (Lipinski definition) is 1. The molecule has 0 bridgehead atoms. The van der Waals surface area contributed by atoms with Crippen LogP contribution < -0.4 is 5.32 Å². The van der Waals surface area contributed by atoms with Crippen LogP contribution in [0.5, 0.6) is 0 Å². The molecule has 0 unspecified atom stereocenters. The van der Waals surface area contributed by atoms with E-state index in [0.29, 0.717) is 23.7 Å². The molecule has 0 atom stereocenters. The molecule has 1 N–H and O–H groups in total. The number of carbonyl (C=O) groups is 1. The fourth-order valence-electron chi connectivity index (χ4n) is 2.12. The fourth-order valence-corrected chi connectivity index (χ4v) is 2.12. The van der Waals surface area contributed by atoms with Crippen molar-refractivity contribution in [3.63, 3.8) is 0 Å². The predicted molar refractivity (Wildman–Crippen MR) is 83.7 cm³/mol. The molecule has 0 spiro atoms. The van der Waals surface area contributed by atoms with Gasteiger partial charge in [-0.2, -0.15) is 0 Å². The van der Waals surface area contributed by atoms with Gasteiger partial charge >= 0.3 is 0 Å². The van der Waals surface area contributed by atoms with E-state index >= 15 is 0 Å². The summed E-state index contributed by atoms with van der Waals surface area (Å²) in [5.74, 6) is 0.253. The Morgan fingerprint density at radius 1 is 1.33 bits per heavy atom. The summed E-state index contributed by atoms with van der Waals surface area (Å²) in [4.78, 5) is 24.8. The Bertz CT molecular complexity index is 527. The number of nitro groups is 1. The molecule has 0 aliphatic carbocycles. The standard InChI is InChI=1S/C15H23N3O3/c1-10(2)9-17(11(3)4)15(19)12-6-7-14(18(20)21)13(8-12)16-5/h6-8,10-11,16H,9H2,1-5H3. The van der Waals surface area contributed by atoms with Crippen molar-refractivity contribution in [2.24, 2.45) is 5.92 Å². The van der Waals surface area contributed by atoms with E-state index < -0.39 is 4.92 Å². The molecule has 0 fully saturated rings. The largest absolute Gasteiger partial charge is 0.383 e. The summed E-state index contributed by atoms with van der Waals surface area (Å²) < 4.78 is 0. The average molecular weight is 293 g/mol. The van der Waals surface area contributed by atoms with Gasteiger partial charge in [0.1, 0.15) is 5.69 Å². The van der Waals surface area contributed by atoms with Gasteiger partial charge in [0.05, 0.1) is 4.92 Å². The van der Waals surface area contributed by atoms with E-state index in [1.807, 2.05) is 13.8 Å². The van der Waals surface area contributed by atoms with Crippen LogP contribution in [0.15, 0.2) is 18.2 Å². The van der Waals surface area contributed by atoms with E-state index in [2.05, 4.69) is 19.2 Å². The molecule has 0 heterocycles. The summed E-state index contributed by atoms with van der Waals surface area (Å²) in [6.45, 7) is 8.69. The fraction of sp³-hybridized carbons (Fsp3) is 0.533. The zero-order valence-electron chi connectivity index (χ0n) is 13.2. The summed E-state index contributed by atoms with van der Waals surface area (Å²) in [5, 5.41) is 13.7. The number of anilines is 1. The second kappa shape index (κ2) is 7.06. The molecular weight excluding hydrogens is 270 g/mol. The highest BCUT2D eigenvalue weighted by atomic mass is 16.6. The Kier molecular flexibility index (Phi) is 5.69. The first kappa shape index (κ1) is 16.9. The maximum atomic E-state index is 12.6. The van der Waals surface area contributed by atoms with Crippen LogP contribution in [0.1, 0.15) is 38.1 Å². The third-order valence-corrected chi connectivity index (χ3v) is 3.16. The van der Waals surface area contributed by atoms with Crippen molar-refractivity contribution in [3.8, 4) is 0 Å². The summed E-state index contributed by atoms with van der Waals surface area (Å²) in [6, 6.07) is 4.49. The molecule has 0 aromatic heterocycles. The van der Waals surface area contributed by atoms with Crippen LogP contribution in [0.25, 0.3) is 0 Å². The molecule has 6 heteroatoms. The first-order chi connectivity index (χ1) is 9.77. The van der Waals surface area contributed by atoms with E-state index in [0.717, 1.165) is 0 Å². The van der Waals surface area contributed by atoms with E-state index in [-0.39, 0.29) is 17.6 Å². The summed E-state index contributed by atoms with van der Waals surface area (Å²) in [7, 11) is 1.60. The lowest BCUT2D eigenvalue weighted by Gasteiger charge is -2.28. The van der Waals surface area contributed by atoms with Crippen molar-refractivity contribution in [2.75, 3.05) is 18.9 Å². The van der Waals surface area contributed by atoms with Gasteiger partial charge in [-0.05, 0) is 31.9 Å². The van der Waals surface area contributed by atoms with Gasteiger partial charge in [-0.25, -0.2) is 0 Å². The maximum absolute atomic E-state index is 12.6. The smallest absolute Gasteiger partial charge is 0.292 e. The van der Waals surface area contributed by atoms with Gasteiger partial charge < -0.3 is 10.2 Å². The first-order valence-electron chi connectivity index (χ1n) is 7.05. The second-order valence-corrected chi connectivity index (χ2v) is 5.68. The van der Waals surface area contributed by atoms with Gasteiger partial charge in [0.2, 0.25) is 0 Å². The molecule has 1 amide bonds. The maximum Gasteiger partial charge on any atom is 0.292 e. The van der Waals surface area contributed by atoms with Crippen molar-refractivity contribution in [1.82, 2.24) is 4.90 Å². The van der Waals surface area contributed by atoms with Crippen LogP contribution in [-0.4, -0.2) is 35.4 Å². The topological polar surface area (TPSA) is 75.5 Å². The average Bonchev–Trinajstić information content (AvgIpc) is 2.42. The molecule has 6 nitrogen and oxygen atoms in total. The highest BCUT2D eigenvalue weighted by molar-refractivity contribution is 5.96. The Labute approximate surface area is 125 Å². The molecule has 0 radical (unpaired) electrons. The van der Waals surface area contributed by atoms with Crippen LogP contribution in [0, 0.1) is 16.0 Å². The lowest BCUT2D eigenvalue weighted by molar-refractivity contribution is -0.383. The molecule has 0 saturated carbocycles. The third kappa shape index (κ3) is 4.18. The van der Waals surface area contributed by atoms with Crippen LogP contribution in [0.2, 0.25) is 0 Å². The monoisotopic (exact) mass is 293 g/mol. The van der Waals surface area contributed by atoms with Gasteiger partial charge in [0, 0.05) is 31.3 Å². The quantitative estimate of drug-likeness (QED) is 0.645. The highest BCUT2D eigenvalue weighted by Crippen LogP contribution is 2.26. The zero-order valence-corrected chi connectivity index (χ0v) is 13.2. The summed E-state index contributed by atoms with van der Waals surface area (Å²) in [5.41, 5.74) is 0.771. The number of amides is 1. The van der Waals surface area contributed by atoms with E-state index in [9.17, 15) is 14.9 Å². The van der Waals surface area contributed by atoms with Crippen molar-refractivity contribution in [3.05, 3.63) is 33.9 Å². The Morgan fingerprint density at radius 3 is 2.38 bits per heavy atom. The lowest BCUT2D eigenvalue weighted by Crippen LogP contribution is -2.39. The predicted octanol–water partition coefficient (Wildman–Crippen LogP) is 3.14. The minimum atomic E-state index is -0.464. The molecule has 0 saturated heterocycles. The Balaban J connectivity index is 3.14. The summed E-state index contributed by atoms with van der Waals surface area (Å²) >= 11 is 0. The van der Waals surface area contributed by atoms with E-state index in [4.69, 9.17) is 0 Å². The Hall–Kier alpha value is -2.11. The van der Waals surface area contributed by atoms with Crippen LogP contribution in [0.3, 0.4) is 0 Å². The molecule has 116 valence electrons. The molecule has 21 heavy (non-hydrogen) atoms. The Morgan fingerprint density at radius 2 is 1.95 bits per heavy atom. The minimum absolute atomic E-state index is 0.0333. The first-order valence-corrected chi connectivity index (χ1v) is 7.05. The minimum Gasteiger partial charge on any atom is -0.383 e. The molecule has 1 aromatic rings. The molecule has 1 rings (SSSR count). The van der Waals surface area contributed by atoms with Gasteiger partial charge in [0.15, 0.2) is 0 Å².